The van der Waals surface area contributed by atoms with Gasteiger partial charge in [-0.3, -0.25) is 19.2 Å². The second kappa shape index (κ2) is 13.0. The highest BCUT2D eigenvalue weighted by Gasteiger charge is 2.57. The first kappa shape index (κ1) is 34.3. The van der Waals surface area contributed by atoms with Gasteiger partial charge in [0.1, 0.15) is 17.0 Å². The van der Waals surface area contributed by atoms with Crippen LogP contribution in [0.15, 0.2) is 54.6 Å². The number of nitrogens with one attached hydrogen (secondary N) is 2. The number of carboxylic acid groups (broad SMARTS) is 1. The molecule has 240 valence electrons. The largest absolute Gasteiger partial charge is 0.483 e. The number of amides is 2. The van der Waals surface area contributed by atoms with Crippen molar-refractivity contribution in [1.29, 1.82) is 0 Å². The minimum absolute atomic E-state index is 0.0421. The number of halogens is 6. The van der Waals surface area contributed by atoms with Gasteiger partial charge < -0.3 is 20.5 Å². The number of ether oxygens (including phenoxy) is 1. The van der Waals surface area contributed by atoms with Gasteiger partial charge in [0.25, 0.3) is 5.91 Å². The molecule has 3 aromatic carbocycles. The number of hydrogen-bond acceptors (Lipinski definition) is 5. The number of carbonyl (C=O) groups is 4. The highest BCUT2D eigenvalue weighted by molar-refractivity contribution is 6.34. The Kier molecular flexibility index (Phi) is 9.70. The van der Waals surface area contributed by atoms with Gasteiger partial charge >= 0.3 is 12.1 Å². The molecule has 1 fully saturated rings. The molecule has 14 heteroatoms. The summed E-state index contributed by atoms with van der Waals surface area (Å²) in [6.45, 7) is 2.58. The molecule has 8 nitrogen and oxygen atoms in total. The van der Waals surface area contributed by atoms with Crippen LogP contribution in [-0.2, 0) is 20.6 Å². The van der Waals surface area contributed by atoms with Crippen molar-refractivity contribution >= 4 is 52.5 Å². The Morgan fingerprint density at radius 3 is 2.30 bits per heavy atom. The summed E-state index contributed by atoms with van der Waals surface area (Å²) in [5.74, 6) is 0.724. The second-order valence-corrected chi connectivity index (χ2v) is 11.8. The third kappa shape index (κ3) is 8.16. The molecule has 0 aliphatic heterocycles. The number of ketones is 1. The molecule has 0 bridgehead atoms. The van der Waals surface area contributed by atoms with E-state index < -0.39 is 64.2 Å². The van der Waals surface area contributed by atoms with E-state index in [4.69, 9.17) is 27.9 Å². The quantitative estimate of drug-likeness (QED) is 0.103. The first-order valence-electron chi connectivity index (χ1n) is 13.4. The fraction of sp³-hybridized carbons (Fsp3) is 0.250. The number of anilines is 1. The summed E-state index contributed by atoms with van der Waals surface area (Å²) < 4.78 is 58.9. The van der Waals surface area contributed by atoms with E-state index in [1.54, 1.807) is 13.8 Å². The molecule has 2 amide bonds. The van der Waals surface area contributed by atoms with Crippen LogP contribution in [0.3, 0.4) is 0 Å². The molecule has 0 radical (unpaired) electrons. The number of benzene rings is 3. The maximum absolute atomic E-state index is 13.9. The lowest BCUT2D eigenvalue weighted by molar-refractivity contribution is -0.149. The number of aliphatic carboxylic acids is 1. The van der Waals surface area contributed by atoms with E-state index in [0.29, 0.717) is 17.7 Å². The van der Waals surface area contributed by atoms with Gasteiger partial charge in [0.15, 0.2) is 12.4 Å². The van der Waals surface area contributed by atoms with Crippen LogP contribution in [0.25, 0.3) is 0 Å². The first-order chi connectivity index (χ1) is 21.4. The van der Waals surface area contributed by atoms with Crippen LogP contribution in [0.1, 0.15) is 53.7 Å². The molecule has 0 saturated heterocycles. The summed E-state index contributed by atoms with van der Waals surface area (Å²) in [7, 11) is 0. The molecular weight excluding hydrogens is 655 g/mol. The third-order valence-corrected chi connectivity index (χ3v) is 7.36. The van der Waals surface area contributed by atoms with E-state index in [1.807, 2.05) is 0 Å². The van der Waals surface area contributed by atoms with Crippen LogP contribution in [0.5, 0.6) is 5.75 Å². The maximum Gasteiger partial charge on any atom is 0.416 e. The van der Waals surface area contributed by atoms with Crippen molar-refractivity contribution in [2.24, 2.45) is 5.41 Å². The molecule has 0 heterocycles. The number of carbonyl (C=O) groups excluding carboxylic acids is 3. The molecule has 0 aromatic heterocycles. The Hall–Kier alpha value is -4.60. The van der Waals surface area contributed by atoms with Gasteiger partial charge in [0.05, 0.1) is 27.4 Å². The van der Waals surface area contributed by atoms with Gasteiger partial charge in [-0.25, -0.2) is 4.39 Å². The molecule has 4 rings (SSSR count). The van der Waals surface area contributed by atoms with E-state index in [2.05, 4.69) is 22.5 Å². The van der Waals surface area contributed by atoms with Crippen LogP contribution in [0.4, 0.5) is 23.2 Å². The summed E-state index contributed by atoms with van der Waals surface area (Å²) in [6.07, 6.45) is -4.39. The monoisotopic (exact) mass is 678 g/mol. The lowest BCUT2D eigenvalue weighted by Gasteiger charge is -2.22. The average molecular weight is 679 g/mol. The average Bonchev–Trinajstić information content (AvgIpc) is 3.78. The Labute approximate surface area is 270 Å². The van der Waals surface area contributed by atoms with Gasteiger partial charge in [0, 0.05) is 16.1 Å². The van der Waals surface area contributed by atoms with Gasteiger partial charge in [-0.2, -0.15) is 13.2 Å². The van der Waals surface area contributed by atoms with E-state index in [9.17, 15) is 41.8 Å². The van der Waals surface area contributed by atoms with E-state index in [-0.39, 0.29) is 46.0 Å². The van der Waals surface area contributed by atoms with E-state index in [0.717, 1.165) is 6.07 Å². The highest BCUT2D eigenvalue weighted by Crippen LogP contribution is 2.46. The predicted molar refractivity (Wildman–Crippen MR) is 160 cm³/mol. The molecule has 0 atom stereocenters. The Morgan fingerprint density at radius 2 is 1.70 bits per heavy atom. The summed E-state index contributed by atoms with van der Waals surface area (Å²) in [5, 5.41) is 14.6. The standard InChI is InChI=1S/C32H24Cl2F4N2O6/c1-30(2,40-28(43)31(9-10-31)29(44)45)8-7-17-3-5-24(23(34)11-17)39-26(41)16-46-25-6-4-20(33)15-22(25)27(42)18-12-19(32(36,37)38)14-21(35)13-18/h3-6,11-15H,9-10,16H2,1-2H3,(H,39,41)(H,40,43)(H,44,45). The van der Waals surface area contributed by atoms with Crippen molar-refractivity contribution < 1.29 is 46.6 Å². The number of carboxylic acids is 1. The van der Waals surface area contributed by atoms with E-state index in [1.165, 1.54) is 30.3 Å². The lowest BCUT2D eigenvalue weighted by atomic mass is 10.00. The normalized spacial score (nSPS) is 13.6. The zero-order valence-electron chi connectivity index (χ0n) is 24.1. The van der Waals surface area contributed by atoms with Crippen LogP contribution in [-0.4, -0.2) is 40.8 Å². The summed E-state index contributed by atoms with van der Waals surface area (Å²) in [4.78, 5) is 49.5. The van der Waals surface area contributed by atoms with Gasteiger partial charge in [0.2, 0.25) is 5.91 Å². The smallest absolute Gasteiger partial charge is 0.416 e. The topological polar surface area (TPSA) is 122 Å². The SMILES string of the molecule is CC(C)(C#Cc1ccc(NC(=O)COc2ccc(Cl)cc2C(=O)c2cc(F)cc(C(F)(F)F)c2)c(Cl)c1)NC(=O)C1(C(=O)O)CC1. The zero-order valence-corrected chi connectivity index (χ0v) is 25.6. The molecule has 3 N–H and O–H groups in total. The van der Waals surface area contributed by atoms with Crippen molar-refractivity contribution in [2.45, 2.75) is 38.4 Å². The van der Waals surface area contributed by atoms with Crippen molar-refractivity contribution in [3.05, 3.63) is 92.7 Å². The fourth-order valence-corrected chi connectivity index (χ4v) is 4.60. The Bertz CT molecular complexity index is 1810. The second-order valence-electron chi connectivity index (χ2n) is 10.9. The molecule has 1 aliphatic carbocycles. The van der Waals surface area contributed by atoms with Gasteiger partial charge in [-0.1, -0.05) is 35.0 Å². The van der Waals surface area contributed by atoms with Crippen molar-refractivity contribution in [3.63, 3.8) is 0 Å². The van der Waals surface area contributed by atoms with Crippen molar-refractivity contribution in [2.75, 3.05) is 11.9 Å². The predicted octanol–water partition coefficient (Wildman–Crippen LogP) is 6.51. The Morgan fingerprint density at radius 1 is 1.00 bits per heavy atom. The van der Waals surface area contributed by atoms with Gasteiger partial charge in [-0.05, 0) is 81.3 Å². The molecule has 3 aromatic rings. The molecule has 0 unspecified atom stereocenters. The Balaban J connectivity index is 1.42. The zero-order chi connectivity index (χ0) is 34.0. The van der Waals surface area contributed by atoms with Crippen LogP contribution >= 0.6 is 23.2 Å². The fourth-order valence-electron chi connectivity index (χ4n) is 4.20. The molecular formula is C32H24Cl2F4N2O6. The summed E-state index contributed by atoms with van der Waals surface area (Å²) >= 11 is 12.3. The van der Waals surface area contributed by atoms with Crippen LogP contribution in [0.2, 0.25) is 10.0 Å². The van der Waals surface area contributed by atoms with Crippen molar-refractivity contribution in [1.82, 2.24) is 5.32 Å². The lowest BCUT2D eigenvalue weighted by Crippen LogP contribution is -2.48. The molecule has 0 spiro atoms. The first-order valence-corrected chi connectivity index (χ1v) is 14.2. The van der Waals surface area contributed by atoms with Crippen LogP contribution in [0, 0.1) is 23.1 Å². The maximum atomic E-state index is 13.9. The molecule has 1 aliphatic rings. The number of rotatable bonds is 9. The minimum atomic E-state index is -4.90. The molecule has 1 saturated carbocycles. The minimum Gasteiger partial charge on any atom is -0.483 e. The van der Waals surface area contributed by atoms with E-state index >= 15 is 0 Å². The van der Waals surface area contributed by atoms with Gasteiger partial charge in [-0.15, -0.1) is 0 Å². The van der Waals surface area contributed by atoms with Crippen LogP contribution < -0.4 is 15.4 Å². The number of alkyl halides is 3. The highest BCUT2D eigenvalue weighted by atomic mass is 35.5. The molecule has 46 heavy (non-hydrogen) atoms. The van der Waals surface area contributed by atoms with Crippen molar-refractivity contribution in [3.8, 4) is 17.6 Å². The summed E-state index contributed by atoms with van der Waals surface area (Å²) in [5.41, 5.74) is -4.12. The summed E-state index contributed by atoms with van der Waals surface area (Å²) in [6, 6.07) is 9.54. The third-order valence-electron chi connectivity index (χ3n) is 6.81. The number of hydrogen-bond donors (Lipinski definition) is 3.